The zero-order valence-electron chi connectivity index (χ0n) is 15.2. The second-order valence-electron chi connectivity index (χ2n) is 6.33. The predicted octanol–water partition coefficient (Wildman–Crippen LogP) is 4.21. The second kappa shape index (κ2) is 7.25. The van der Waals surface area contributed by atoms with Crippen molar-refractivity contribution in [1.82, 2.24) is 14.8 Å². The highest BCUT2D eigenvalue weighted by atomic mass is 16.1. The van der Waals surface area contributed by atoms with Gasteiger partial charge in [0.25, 0.3) is 5.91 Å². The summed E-state index contributed by atoms with van der Waals surface area (Å²) in [4.78, 5) is 15.9. The molecule has 0 unspecified atom stereocenters. The Morgan fingerprint density at radius 3 is 2.71 bits per heavy atom. The number of hydrogen-bond acceptors (Lipinski definition) is 3. The van der Waals surface area contributed by atoms with E-state index in [2.05, 4.69) is 15.4 Å². The summed E-state index contributed by atoms with van der Waals surface area (Å²) in [5.41, 5.74) is 3.34. The molecule has 0 fully saturated rings. The number of aromatic amines is 1. The zero-order chi connectivity index (χ0) is 19.5. The highest BCUT2D eigenvalue weighted by molar-refractivity contribution is 6.10. The van der Waals surface area contributed by atoms with Crippen LogP contribution in [0.4, 0.5) is 5.82 Å². The Hall–Kier alpha value is -4.11. The second-order valence-corrected chi connectivity index (χ2v) is 6.33. The lowest BCUT2D eigenvalue weighted by molar-refractivity contribution is -0.112. The molecule has 0 saturated heterocycles. The maximum Gasteiger partial charge on any atom is 0.267 e. The normalized spacial score (nSPS) is 11.4. The molecule has 4 rings (SSSR count). The molecule has 0 atom stereocenters. The van der Waals surface area contributed by atoms with Crippen LogP contribution in [0.25, 0.3) is 22.7 Å². The molecule has 2 N–H and O–H groups in total. The van der Waals surface area contributed by atoms with Gasteiger partial charge in [0.05, 0.1) is 11.4 Å². The Balaban J connectivity index is 1.66. The molecule has 4 aromatic rings. The van der Waals surface area contributed by atoms with Crippen molar-refractivity contribution >= 4 is 28.7 Å². The molecule has 0 aliphatic heterocycles. The van der Waals surface area contributed by atoms with E-state index in [1.807, 2.05) is 67.6 Å². The van der Waals surface area contributed by atoms with Gasteiger partial charge in [-0.1, -0.05) is 36.4 Å². The number of amides is 1. The maximum atomic E-state index is 12.7. The smallest absolute Gasteiger partial charge is 0.267 e. The van der Waals surface area contributed by atoms with E-state index in [9.17, 15) is 10.1 Å². The fourth-order valence-corrected chi connectivity index (χ4v) is 3.06. The van der Waals surface area contributed by atoms with Crippen molar-refractivity contribution in [1.29, 1.82) is 5.26 Å². The number of benzene rings is 2. The van der Waals surface area contributed by atoms with Gasteiger partial charge in [0.15, 0.2) is 0 Å². The Labute approximate surface area is 161 Å². The molecule has 6 heteroatoms. The van der Waals surface area contributed by atoms with Crippen molar-refractivity contribution in [3.05, 3.63) is 83.7 Å². The summed E-state index contributed by atoms with van der Waals surface area (Å²) in [6.07, 6.45) is 3.37. The standard InChI is InChI=1S/C22H17N5O/c1-15-11-21(27(26-15)18-7-3-2-4-8-18)25-22(28)16(13-23)12-17-14-24-20-10-6-5-9-19(17)20/h2-12,14,24H,1H3,(H,25,28)/b16-12+. The molecule has 0 bridgehead atoms. The van der Waals surface area contributed by atoms with Crippen molar-refractivity contribution in [3.63, 3.8) is 0 Å². The van der Waals surface area contributed by atoms with E-state index < -0.39 is 5.91 Å². The van der Waals surface area contributed by atoms with Crippen LogP contribution >= 0.6 is 0 Å². The topological polar surface area (TPSA) is 86.5 Å². The third-order valence-electron chi connectivity index (χ3n) is 4.36. The fraction of sp³-hybridized carbons (Fsp3) is 0.0455. The van der Waals surface area contributed by atoms with E-state index >= 15 is 0 Å². The summed E-state index contributed by atoms with van der Waals surface area (Å²) in [6, 6.07) is 21.0. The van der Waals surface area contributed by atoms with Gasteiger partial charge in [-0.15, -0.1) is 0 Å². The Kier molecular flexibility index (Phi) is 4.48. The average Bonchev–Trinajstić information content (AvgIpc) is 3.30. The maximum absolute atomic E-state index is 12.7. The van der Waals surface area contributed by atoms with Crippen molar-refractivity contribution in [2.24, 2.45) is 0 Å². The molecule has 0 spiro atoms. The number of nitriles is 1. The molecule has 136 valence electrons. The lowest BCUT2D eigenvalue weighted by atomic mass is 10.1. The number of aromatic nitrogens is 3. The van der Waals surface area contributed by atoms with Crippen molar-refractivity contribution in [2.45, 2.75) is 6.92 Å². The van der Waals surface area contributed by atoms with E-state index in [1.165, 1.54) is 0 Å². The monoisotopic (exact) mass is 367 g/mol. The third-order valence-corrected chi connectivity index (χ3v) is 4.36. The molecule has 0 aliphatic rings. The Morgan fingerprint density at radius 2 is 1.93 bits per heavy atom. The third kappa shape index (κ3) is 3.29. The molecular formula is C22H17N5O. The van der Waals surface area contributed by atoms with Crippen molar-refractivity contribution in [2.75, 3.05) is 5.32 Å². The minimum absolute atomic E-state index is 0.0169. The highest BCUT2D eigenvalue weighted by Gasteiger charge is 2.15. The van der Waals surface area contributed by atoms with Crippen LogP contribution in [0.1, 0.15) is 11.3 Å². The van der Waals surface area contributed by atoms with Crippen molar-refractivity contribution in [3.8, 4) is 11.8 Å². The largest absolute Gasteiger partial charge is 0.361 e. The van der Waals surface area contributed by atoms with Crippen LogP contribution in [0, 0.1) is 18.3 Å². The Morgan fingerprint density at radius 1 is 1.18 bits per heavy atom. The van der Waals surface area contributed by atoms with Crippen LogP contribution in [0.2, 0.25) is 0 Å². The lowest BCUT2D eigenvalue weighted by Crippen LogP contribution is -2.16. The number of nitrogens with one attached hydrogen (secondary N) is 2. The van der Waals surface area contributed by atoms with Gasteiger partial charge in [-0.05, 0) is 31.2 Å². The molecule has 0 radical (unpaired) electrons. The summed E-state index contributed by atoms with van der Waals surface area (Å²) in [6.45, 7) is 1.85. The first kappa shape index (κ1) is 17.3. The number of hydrogen-bond donors (Lipinski definition) is 2. The highest BCUT2D eigenvalue weighted by Crippen LogP contribution is 2.21. The van der Waals surface area contributed by atoms with Gasteiger partial charge >= 0.3 is 0 Å². The van der Waals surface area contributed by atoms with Gasteiger partial charge in [-0.25, -0.2) is 4.68 Å². The van der Waals surface area contributed by atoms with Gasteiger partial charge in [0.1, 0.15) is 17.5 Å². The van der Waals surface area contributed by atoms with Crippen LogP contribution in [0.15, 0.2) is 72.4 Å². The minimum Gasteiger partial charge on any atom is -0.361 e. The molecule has 0 aliphatic carbocycles. The lowest BCUT2D eigenvalue weighted by Gasteiger charge is -2.08. The molecular weight excluding hydrogens is 350 g/mol. The summed E-state index contributed by atoms with van der Waals surface area (Å²) >= 11 is 0. The van der Waals surface area contributed by atoms with Gasteiger partial charge in [-0.3, -0.25) is 4.79 Å². The number of para-hydroxylation sites is 2. The summed E-state index contributed by atoms with van der Waals surface area (Å²) in [7, 11) is 0. The van der Waals surface area contributed by atoms with E-state index in [-0.39, 0.29) is 5.57 Å². The van der Waals surface area contributed by atoms with Gasteiger partial charge in [0, 0.05) is 28.7 Å². The molecule has 0 saturated carbocycles. The van der Waals surface area contributed by atoms with Crippen LogP contribution in [0.5, 0.6) is 0 Å². The minimum atomic E-state index is -0.482. The number of fused-ring (bicyclic) bond motifs is 1. The average molecular weight is 367 g/mol. The number of nitrogens with zero attached hydrogens (tertiary/aromatic N) is 3. The van der Waals surface area contributed by atoms with Crippen LogP contribution in [-0.2, 0) is 4.79 Å². The number of aryl methyl sites for hydroxylation is 1. The number of rotatable bonds is 4. The first-order valence-electron chi connectivity index (χ1n) is 8.77. The summed E-state index contributed by atoms with van der Waals surface area (Å²) in [5.74, 6) is 0.0265. The SMILES string of the molecule is Cc1cc(NC(=O)/C(C#N)=C/c2c[nH]c3ccccc23)n(-c2ccccc2)n1. The van der Waals surface area contributed by atoms with E-state index in [0.717, 1.165) is 27.8 Å². The van der Waals surface area contributed by atoms with Gasteiger partial charge < -0.3 is 10.3 Å². The number of carbonyl (C=O) groups is 1. The van der Waals surface area contributed by atoms with Gasteiger partial charge in [0.2, 0.25) is 0 Å². The fourth-order valence-electron chi connectivity index (χ4n) is 3.06. The molecule has 1 amide bonds. The Bertz CT molecular complexity index is 1220. The number of carbonyl (C=O) groups excluding carboxylic acids is 1. The first-order chi connectivity index (χ1) is 13.7. The zero-order valence-corrected chi connectivity index (χ0v) is 15.2. The van der Waals surface area contributed by atoms with E-state index in [4.69, 9.17) is 0 Å². The molecule has 2 aromatic heterocycles. The quantitative estimate of drug-likeness (QED) is 0.418. The predicted molar refractivity (Wildman–Crippen MR) is 109 cm³/mol. The molecule has 2 aromatic carbocycles. The van der Waals surface area contributed by atoms with E-state index in [1.54, 1.807) is 23.0 Å². The van der Waals surface area contributed by atoms with Crippen LogP contribution < -0.4 is 5.32 Å². The van der Waals surface area contributed by atoms with E-state index in [0.29, 0.717) is 5.82 Å². The summed E-state index contributed by atoms with van der Waals surface area (Å²) in [5, 5.41) is 17.7. The summed E-state index contributed by atoms with van der Waals surface area (Å²) < 4.78 is 1.65. The number of anilines is 1. The first-order valence-corrected chi connectivity index (χ1v) is 8.77. The molecule has 6 nitrogen and oxygen atoms in total. The molecule has 28 heavy (non-hydrogen) atoms. The van der Waals surface area contributed by atoms with Gasteiger partial charge in [-0.2, -0.15) is 10.4 Å². The molecule has 2 heterocycles. The van der Waals surface area contributed by atoms with Crippen LogP contribution in [-0.4, -0.2) is 20.7 Å². The van der Waals surface area contributed by atoms with Crippen molar-refractivity contribution < 1.29 is 4.79 Å². The van der Waals surface area contributed by atoms with Crippen LogP contribution in [0.3, 0.4) is 0 Å². The number of H-pyrrole nitrogens is 1.